The van der Waals surface area contributed by atoms with Crippen LogP contribution in [0.1, 0.15) is 22.8 Å². The van der Waals surface area contributed by atoms with Gasteiger partial charge in [0.25, 0.3) is 5.91 Å². The summed E-state index contributed by atoms with van der Waals surface area (Å²) in [4.78, 5) is 16.0. The number of nitrogens with zero attached hydrogens (tertiary/aromatic N) is 3. The normalized spacial score (nSPS) is 11.3. The van der Waals surface area contributed by atoms with E-state index >= 15 is 0 Å². The molecule has 0 atom stereocenters. The van der Waals surface area contributed by atoms with E-state index < -0.39 is 5.91 Å². The van der Waals surface area contributed by atoms with Crippen LogP contribution in [0.3, 0.4) is 0 Å². The minimum Gasteiger partial charge on any atom is -0.507 e. The first-order chi connectivity index (χ1) is 11.6. The Balaban J connectivity index is 1.72. The lowest BCUT2D eigenvalue weighted by Gasteiger charge is -2.06. The van der Waals surface area contributed by atoms with E-state index in [1.54, 1.807) is 31.6 Å². The Morgan fingerprint density at radius 3 is 2.58 bits per heavy atom. The van der Waals surface area contributed by atoms with Crippen LogP contribution in [0.4, 0.5) is 0 Å². The van der Waals surface area contributed by atoms with Gasteiger partial charge in [0.1, 0.15) is 5.75 Å². The number of rotatable bonds is 4. The molecule has 1 heterocycles. The number of phenolic OH excluding ortho intramolecular Hbond substituents is 1. The van der Waals surface area contributed by atoms with Gasteiger partial charge < -0.3 is 9.67 Å². The number of hydrogen-bond acceptors (Lipinski definition) is 4. The predicted molar refractivity (Wildman–Crippen MR) is 91.3 cm³/mol. The molecule has 1 aromatic heterocycles. The molecule has 0 aliphatic rings. The number of para-hydroxylation sites is 1. The number of amides is 1. The fourth-order valence-electron chi connectivity index (χ4n) is 2.21. The average molecular weight is 320 g/mol. The minimum atomic E-state index is -0.456. The number of imidazole rings is 1. The maximum Gasteiger partial charge on any atom is 0.275 e. The number of hydrazone groups is 1. The molecule has 3 aromatic rings. The number of carbonyl (C=O) groups is 1. The van der Waals surface area contributed by atoms with Crippen molar-refractivity contribution in [3.05, 3.63) is 78.4 Å². The van der Waals surface area contributed by atoms with E-state index in [0.29, 0.717) is 5.71 Å². The summed E-state index contributed by atoms with van der Waals surface area (Å²) in [6.07, 6.45) is 5.31. The van der Waals surface area contributed by atoms with Gasteiger partial charge in [-0.3, -0.25) is 4.79 Å². The highest BCUT2D eigenvalue weighted by atomic mass is 16.3. The molecule has 2 N–H and O–H groups in total. The second-order valence-corrected chi connectivity index (χ2v) is 5.17. The van der Waals surface area contributed by atoms with Gasteiger partial charge in [0, 0.05) is 18.1 Å². The third kappa shape index (κ3) is 3.33. The van der Waals surface area contributed by atoms with Gasteiger partial charge in [-0.2, -0.15) is 5.10 Å². The molecule has 2 aromatic carbocycles. The summed E-state index contributed by atoms with van der Waals surface area (Å²) in [5.74, 6) is -0.532. The van der Waals surface area contributed by atoms with Crippen LogP contribution in [-0.2, 0) is 0 Å². The Labute approximate surface area is 139 Å². The maximum atomic E-state index is 12.0. The molecule has 0 unspecified atom stereocenters. The van der Waals surface area contributed by atoms with Crippen molar-refractivity contribution in [2.45, 2.75) is 6.92 Å². The van der Waals surface area contributed by atoms with Gasteiger partial charge in [-0.25, -0.2) is 10.4 Å². The molecule has 0 saturated heterocycles. The summed E-state index contributed by atoms with van der Waals surface area (Å²) in [7, 11) is 0. The smallest absolute Gasteiger partial charge is 0.275 e. The zero-order chi connectivity index (χ0) is 16.9. The number of hydrogen-bond donors (Lipinski definition) is 2. The molecule has 0 bridgehead atoms. The SMILES string of the molecule is C/C(=N\NC(=O)c1ccccc1O)c1ccc(-n2ccnc2)cc1. The molecule has 3 rings (SSSR count). The van der Waals surface area contributed by atoms with Gasteiger partial charge >= 0.3 is 0 Å². The summed E-state index contributed by atoms with van der Waals surface area (Å²) in [5, 5.41) is 13.8. The number of carbonyl (C=O) groups excluding carboxylic acids is 1. The molecule has 120 valence electrons. The van der Waals surface area contributed by atoms with Crippen molar-refractivity contribution >= 4 is 11.6 Å². The van der Waals surface area contributed by atoms with E-state index in [4.69, 9.17) is 0 Å². The van der Waals surface area contributed by atoms with Crippen molar-refractivity contribution in [2.75, 3.05) is 0 Å². The Kier molecular flexibility index (Phi) is 4.38. The topological polar surface area (TPSA) is 79.5 Å². The first-order valence-corrected chi connectivity index (χ1v) is 7.36. The maximum absolute atomic E-state index is 12.0. The van der Waals surface area contributed by atoms with Crippen LogP contribution in [0.2, 0.25) is 0 Å². The van der Waals surface area contributed by atoms with Crippen LogP contribution < -0.4 is 5.43 Å². The van der Waals surface area contributed by atoms with Crippen molar-refractivity contribution in [3.8, 4) is 11.4 Å². The van der Waals surface area contributed by atoms with Crippen LogP contribution in [0, 0.1) is 0 Å². The fourth-order valence-corrected chi connectivity index (χ4v) is 2.21. The van der Waals surface area contributed by atoms with E-state index in [-0.39, 0.29) is 11.3 Å². The van der Waals surface area contributed by atoms with Crippen LogP contribution in [0.5, 0.6) is 5.75 Å². The fraction of sp³-hybridized carbons (Fsp3) is 0.0556. The number of aromatic nitrogens is 2. The minimum absolute atomic E-state index is 0.0764. The molecule has 0 spiro atoms. The third-order valence-corrected chi connectivity index (χ3v) is 3.56. The zero-order valence-corrected chi connectivity index (χ0v) is 13.0. The summed E-state index contributed by atoms with van der Waals surface area (Å²) in [6, 6.07) is 14.1. The molecule has 0 fully saturated rings. The standard InChI is InChI=1S/C18H16N4O2/c1-13(20-21-18(24)16-4-2-3-5-17(16)23)14-6-8-15(9-7-14)22-11-10-19-12-22/h2-12,23H,1H3,(H,21,24)/b20-13+. The van der Waals surface area contributed by atoms with Gasteiger partial charge in [-0.15, -0.1) is 0 Å². The largest absolute Gasteiger partial charge is 0.507 e. The van der Waals surface area contributed by atoms with E-state index in [1.807, 2.05) is 35.0 Å². The van der Waals surface area contributed by atoms with Crippen molar-refractivity contribution in [1.29, 1.82) is 0 Å². The summed E-state index contributed by atoms with van der Waals surface area (Å²) in [6.45, 7) is 1.80. The van der Waals surface area contributed by atoms with Crippen LogP contribution in [0.25, 0.3) is 5.69 Å². The predicted octanol–water partition coefficient (Wildman–Crippen LogP) is 2.73. The van der Waals surface area contributed by atoms with Gasteiger partial charge in [-0.05, 0) is 36.8 Å². The molecule has 6 nitrogen and oxygen atoms in total. The average Bonchev–Trinajstić information content (AvgIpc) is 3.14. The molecule has 0 aliphatic heterocycles. The first-order valence-electron chi connectivity index (χ1n) is 7.36. The summed E-state index contributed by atoms with van der Waals surface area (Å²) in [5.41, 5.74) is 5.18. The monoisotopic (exact) mass is 320 g/mol. The van der Waals surface area contributed by atoms with E-state index in [0.717, 1.165) is 11.3 Å². The van der Waals surface area contributed by atoms with Gasteiger partial charge in [0.2, 0.25) is 0 Å². The second-order valence-electron chi connectivity index (χ2n) is 5.17. The Morgan fingerprint density at radius 1 is 1.17 bits per heavy atom. The van der Waals surface area contributed by atoms with Gasteiger partial charge in [0.15, 0.2) is 0 Å². The van der Waals surface area contributed by atoms with Crippen LogP contribution in [0.15, 0.2) is 72.4 Å². The molecular weight excluding hydrogens is 304 g/mol. The second kappa shape index (κ2) is 6.78. The molecule has 0 saturated carbocycles. The molecule has 1 amide bonds. The van der Waals surface area contributed by atoms with Crippen LogP contribution >= 0.6 is 0 Å². The van der Waals surface area contributed by atoms with Gasteiger partial charge in [0.05, 0.1) is 17.6 Å². The highest BCUT2D eigenvalue weighted by molar-refractivity contribution is 6.01. The van der Waals surface area contributed by atoms with Crippen molar-refractivity contribution < 1.29 is 9.90 Å². The van der Waals surface area contributed by atoms with E-state index in [9.17, 15) is 9.90 Å². The zero-order valence-electron chi connectivity index (χ0n) is 13.0. The van der Waals surface area contributed by atoms with Crippen molar-refractivity contribution in [1.82, 2.24) is 15.0 Å². The number of benzene rings is 2. The number of nitrogens with one attached hydrogen (secondary N) is 1. The highest BCUT2D eigenvalue weighted by Crippen LogP contribution is 2.15. The lowest BCUT2D eigenvalue weighted by atomic mass is 10.1. The lowest BCUT2D eigenvalue weighted by Crippen LogP contribution is -2.19. The number of aromatic hydroxyl groups is 1. The Hall–Kier alpha value is -3.41. The quantitative estimate of drug-likeness (QED) is 0.573. The van der Waals surface area contributed by atoms with Crippen LogP contribution in [-0.4, -0.2) is 26.3 Å². The lowest BCUT2D eigenvalue weighted by molar-refractivity contribution is 0.0952. The molecule has 0 aliphatic carbocycles. The van der Waals surface area contributed by atoms with E-state index in [1.165, 1.54) is 12.1 Å². The molecule has 6 heteroatoms. The summed E-state index contributed by atoms with van der Waals surface area (Å²) < 4.78 is 1.90. The van der Waals surface area contributed by atoms with Crippen molar-refractivity contribution in [3.63, 3.8) is 0 Å². The number of phenols is 1. The molecule has 0 radical (unpaired) electrons. The Morgan fingerprint density at radius 2 is 1.92 bits per heavy atom. The highest BCUT2D eigenvalue weighted by Gasteiger charge is 2.09. The van der Waals surface area contributed by atoms with Gasteiger partial charge in [-0.1, -0.05) is 24.3 Å². The van der Waals surface area contributed by atoms with E-state index in [2.05, 4.69) is 15.5 Å². The Bertz CT molecular complexity index is 868. The molecular formula is C18H16N4O2. The molecule has 24 heavy (non-hydrogen) atoms. The van der Waals surface area contributed by atoms with Crippen molar-refractivity contribution in [2.24, 2.45) is 5.10 Å². The third-order valence-electron chi connectivity index (χ3n) is 3.56. The summed E-state index contributed by atoms with van der Waals surface area (Å²) >= 11 is 0. The first kappa shape index (κ1) is 15.5.